The first-order valence-electron chi connectivity index (χ1n) is 12.5. The van der Waals surface area contributed by atoms with Gasteiger partial charge >= 0.3 is 12.0 Å². The molecular formula is C25H33N5O5. The smallest absolute Gasteiger partial charge is 0.325 e. The Morgan fingerprint density at radius 1 is 1.14 bits per heavy atom. The fourth-order valence-electron chi connectivity index (χ4n) is 5.67. The highest BCUT2D eigenvalue weighted by Gasteiger charge is 2.51. The standard InChI is InChI=1S/C25H33N5O5/c1-16-17(2)30(18-8-4-5-9-18)22(19(16)14-26)27-20(31)15-35-21(32)10-13-29-23(33)25(28-24(29)34)11-6-3-7-12-25/h18H,3-13,15H2,1-2H3,(H,27,31)(H,28,34). The molecule has 10 heteroatoms. The molecule has 1 aromatic rings. The fourth-order valence-corrected chi connectivity index (χ4v) is 5.67. The molecule has 3 aliphatic rings. The zero-order valence-corrected chi connectivity index (χ0v) is 20.4. The lowest BCUT2D eigenvalue weighted by Gasteiger charge is -2.30. The zero-order chi connectivity index (χ0) is 25.2. The number of amides is 4. The lowest BCUT2D eigenvalue weighted by molar-refractivity contribution is -0.147. The topological polar surface area (TPSA) is 134 Å². The Morgan fingerprint density at radius 3 is 2.49 bits per heavy atom. The molecule has 3 fully saturated rings. The van der Waals surface area contributed by atoms with Crippen LogP contribution in [-0.2, 0) is 19.1 Å². The van der Waals surface area contributed by atoms with Crippen molar-refractivity contribution in [2.75, 3.05) is 18.5 Å². The predicted molar refractivity (Wildman–Crippen MR) is 126 cm³/mol. The van der Waals surface area contributed by atoms with E-state index >= 15 is 0 Å². The van der Waals surface area contributed by atoms with Crippen LogP contribution in [0, 0.1) is 25.2 Å². The van der Waals surface area contributed by atoms with Crippen LogP contribution in [0.1, 0.15) is 87.1 Å². The maximum Gasteiger partial charge on any atom is 0.325 e. The molecule has 4 amide bonds. The van der Waals surface area contributed by atoms with E-state index < -0.39 is 30.1 Å². The summed E-state index contributed by atoms with van der Waals surface area (Å²) in [6.45, 7) is 3.20. The summed E-state index contributed by atoms with van der Waals surface area (Å²) in [7, 11) is 0. The molecular weight excluding hydrogens is 450 g/mol. The number of carbonyl (C=O) groups is 4. The number of esters is 1. The number of anilines is 1. The summed E-state index contributed by atoms with van der Waals surface area (Å²) in [6, 6.07) is 1.93. The summed E-state index contributed by atoms with van der Waals surface area (Å²) < 4.78 is 7.13. The maximum absolute atomic E-state index is 12.8. The molecule has 1 aromatic heterocycles. The van der Waals surface area contributed by atoms with E-state index in [1.165, 1.54) is 0 Å². The third-order valence-corrected chi connectivity index (χ3v) is 7.67. The van der Waals surface area contributed by atoms with Gasteiger partial charge in [-0.3, -0.25) is 19.3 Å². The van der Waals surface area contributed by atoms with Gasteiger partial charge in [-0.15, -0.1) is 0 Å². The molecule has 2 aliphatic carbocycles. The minimum Gasteiger partial charge on any atom is -0.456 e. The minimum absolute atomic E-state index is 0.0889. The average Bonchev–Trinajstić information content (AvgIpc) is 3.50. The van der Waals surface area contributed by atoms with Gasteiger partial charge in [0, 0.05) is 18.3 Å². The Bertz CT molecular complexity index is 1070. The van der Waals surface area contributed by atoms with Crippen molar-refractivity contribution in [3.8, 4) is 6.07 Å². The molecule has 10 nitrogen and oxygen atoms in total. The first-order valence-corrected chi connectivity index (χ1v) is 12.5. The summed E-state index contributed by atoms with van der Waals surface area (Å²) in [5.74, 6) is -1.05. The summed E-state index contributed by atoms with van der Waals surface area (Å²) in [5.41, 5.74) is 1.37. The summed E-state index contributed by atoms with van der Waals surface area (Å²) in [6.07, 6.45) is 8.03. The van der Waals surface area contributed by atoms with Gasteiger partial charge in [-0.05, 0) is 45.1 Å². The van der Waals surface area contributed by atoms with Crippen LogP contribution >= 0.6 is 0 Å². The van der Waals surface area contributed by atoms with E-state index in [0.717, 1.165) is 61.1 Å². The van der Waals surface area contributed by atoms with Gasteiger partial charge in [-0.1, -0.05) is 32.1 Å². The van der Waals surface area contributed by atoms with Gasteiger partial charge in [-0.25, -0.2) is 4.79 Å². The van der Waals surface area contributed by atoms with Crippen LogP contribution in [-0.4, -0.2) is 52.0 Å². The Kier molecular flexibility index (Phi) is 7.15. The first kappa shape index (κ1) is 24.8. The number of aromatic nitrogens is 1. The van der Waals surface area contributed by atoms with Crippen molar-refractivity contribution >= 4 is 29.6 Å². The third kappa shape index (κ3) is 4.77. The molecule has 0 aromatic carbocycles. The monoisotopic (exact) mass is 483 g/mol. The lowest BCUT2D eigenvalue weighted by Crippen LogP contribution is -2.48. The van der Waals surface area contributed by atoms with Gasteiger partial charge in [0.05, 0.1) is 12.0 Å². The van der Waals surface area contributed by atoms with Crippen molar-refractivity contribution in [2.24, 2.45) is 0 Å². The van der Waals surface area contributed by atoms with Crippen LogP contribution in [0.25, 0.3) is 0 Å². The molecule has 35 heavy (non-hydrogen) atoms. The lowest BCUT2D eigenvalue weighted by atomic mass is 9.82. The SMILES string of the molecule is Cc1c(C#N)c(NC(=O)COC(=O)CCN2C(=O)NC3(CCCCC3)C2=O)n(C2CCCC2)c1C. The van der Waals surface area contributed by atoms with Crippen molar-refractivity contribution in [1.29, 1.82) is 5.26 Å². The second kappa shape index (κ2) is 10.1. The van der Waals surface area contributed by atoms with Crippen LogP contribution in [0.5, 0.6) is 0 Å². The zero-order valence-electron chi connectivity index (χ0n) is 20.4. The number of rotatable bonds is 7. The van der Waals surface area contributed by atoms with Crippen molar-refractivity contribution in [3.05, 3.63) is 16.8 Å². The second-order valence-corrected chi connectivity index (χ2v) is 9.84. The van der Waals surface area contributed by atoms with Crippen molar-refractivity contribution in [3.63, 3.8) is 0 Å². The molecule has 2 saturated carbocycles. The van der Waals surface area contributed by atoms with E-state index in [2.05, 4.69) is 16.7 Å². The third-order valence-electron chi connectivity index (χ3n) is 7.67. The fraction of sp³-hybridized carbons (Fsp3) is 0.640. The van der Waals surface area contributed by atoms with Gasteiger partial charge in [-0.2, -0.15) is 5.26 Å². The molecule has 0 unspecified atom stereocenters. The second-order valence-electron chi connectivity index (χ2n) is 9.84. The summed E-state index contributed by atoms with van der Waals surface area (Å²) >= 11 is 0. The Labute approximate surface area is 205 Å². The number of nitrogens with one attached hydrogen (secondary N) is 2. The number of hydrogen-bond donors (Lipinski definition) is 2. The summed E-state index contributed by atoms with van der Waals surface area (Å²) in [5, 5.41) is 15.2. The molecule has 0 bridgehead atoms. The van der Waals surface area contributed by atoms with Gasteiger partial charge in [0.1, 0.15) is 17.4 Å². The predicted octanol–water partition coefficient (Wildman–Crippen LogP) is 3.22. The number of nitriles is 1. The van der Waals surface area contributed by atoms with Crippen LogP contribution in [0.4, 0.5) is 10.6 Å². The van der Waals surface area contributed by atoms with Gasteiger partial charge < -0.3 is 19.9 Å². The molecule has 1 aliphatic heterocycles. The molecule has 2 heterocycles. The number of urea groups is 1. The number of carbonyl (C=O) groups excluding carboxylic acids is 4. The molecule has 0 atom stereocenters. The Morgan fingerprint density at radius 2 is 1.83 bits per heavy atom. The molecule has 4 rings (SSSR count). The van der Waals surface area contributed by atoms with Crippen molar-refractivity contribution in [1.82, 2.24) is 14.8 Å². The molecule has 1 saturated heterocycles. The van der Waals surface area contributed by atoms with Crippen molar-refractivity contribution in [2.45, 2.75) is 89.6 Å². The van der Waals surface area contributed by atoms with Crippen molar-refractivity contribution < 1.29 is 23.9 Å². The number of hydrogen-bond acceptors (Lipinski definition) is 6. The van der Waals surface area contributed by atoms with E-state index in [1.54, 1.807) is 0 Å². The van der Waals surface area contributed by atoms with Gasteiger partial charge in [0.25, 0.3) is 11.8 Å². The average molecular weight is 484 g/mol. The van der Waals surface area contributed by atoms with E-state index in [-0.39, 0.29) is 24.9 Å². The highest BCUT2D eigenvalue weighted by molar-refractivity contribution is 6.07. The Balaban J connectivity index is 1.31. The first-order chi connectivity index (χ1) is 16.8. The molecule has 2 N–H and O–H groups in total. The maximum atomic E-state index is 12.8. The highest BCUT2D eigenvalue weighted by atomic mass is 16.5. The number of ether oxygens (including phenoxy) is 1. The summed E-state index contributed by atoms with van der Waals surface area (Å²) in [4.78, 5) is 51.1. The highest BCUT2D eigenvalue weighted by Crippen LogP contribution is 2.38. The van der Waals surface area contributed by atoms with Gasteiger partial charge in [0.2, 0.25) is 0 Å². The van der Waals surface area contributed by atoms with E-state index in [9.17, 15) is 24.4 Å². The Hall–Kier alpha value is -3.35. The minimum atomic E-state index is -0.831. The van der Waals surface area contributed by atoms with E-state index in [4.69, 9.17) is 4.74 Å². The molecule has 0 radical (unpaired) electrons. The van der Waals surface area contributed by atoms with Crippen LogP contribution in [0.3, 0.4) is 0 Å². The van der Waals surface area contributed by atoms with E-state index in [0.29, 0.717) is 24.2 Å². The number of imide groups is 1. The normalized spacial score (nSPS) is 19.6. The number of nitrogens with zero attached hydrogens (tertiary/aromatic N) is 3. The largest absolute Gasteiger partial charge is 0.456 e. The van der Waals surface area contributed by atoms with E-state index in [1.807, 2.05) is 18.4 Å². The molecule has 188 valence electrons. The van der Waals surface area contributed by atoms with Crippen LogP contribution in [0.2, 0.25) is 0 Å². The molecule has 1 spiro atoms. The van der Waals surface area contributed by atoms with Crippen LogP contribution < -0.4 is 10.6 Å². The van der Waals surface area contributed by atoms with Gasteiger partial charge in [0.15, 0.2) is 6.61 Å². The quantitative estimate of drug-likeness (QED) is 0.452. The van der Waals surface area contributed by atoms with Crippen LogP contribution in [0.15, 0.2) is 0 Å².